The molecule has 4 aliphatic rings. The Balaban J connectivity index is 1.45. The van der Waals surface area contributed by atoms with Crippen molar-refractivity contribution in [3.63, 3.8) is 0 Å². The molecule has 2 saturated heterocycles. The van der Waals surface area contributed by atoms with Crippen LogP contribution in [0.4, 0.5) is 13.2 Å². The molecule has 0 spiro atoms. The molecule has 2 bridgehead atoms. The summed E-state index contributed by atoms with van der Waals surface area (Å²) in [7, 11) is 0. The van der Waals surface area contributed by atoms with E-state index < -0.39 is 58.1 Å². The third kappa shape index (κ3) is 3.08. The molecule has 1 aromatic carbocycles. The number of hydrogen-bond acceptors (Lipinski definition) is 4. The van der Waals surface area contributed by atoms with Crippen LogP contribution < -0.4 is 10.7 Å². The Morgan fingerprint density at radius 2 is 1.75 bits per heavy atom. The van der Waals surface area contributed by atoms with Crippen molar-refractivity contribution in [2.75, 3.05) is 0 Å². The molecule has 10 heteroatoms. The minimum atomic E-state index is -1.18. The minimum Gasteiger partial charge on any atom is -0.503 e. The molecule has 0 unspecified atom stereocenters. The summed E-state index contributed by atoms with van der Waals surface area (Å²) in [5.41, 5.74) is -2.20. The van der Waals surface area contributed by atoms with Crippen LogP contribution in [0.25, 0.3) is 0 Å². The van der Waals surface area contributed by atoms with Crippen LogP contribution in [0, 0.1) is 23.4 Å². The zero-order chi connectivity index (χ0) is 22.7. The van der Waals surface area contributed by atoms with Crippen LogP contribution >= 0.6 is 0 Å². The highest BCUT2D eigenvalue weighted by Gasteiger charge is 2.48. The standard InChI is InChI=1S/C22H20F3N3O4/c23-11-5-15(24)13(16(25)6-11)7-26-21(31)14-8-27-9-17-10-1-3-12(4-2-10)28(17)22(32)18(27)20(30)19(14)29/h5-6,8,10,12,17,30H,1-4,7,9H2,(H,26,31)/t10?,12?,17-/m0/s1. The third-order valence-electron chi connectivity index (χ3n) is 6.89. The fraction of sp³-hybridized carbons (Fsp3) is 0.409. The molecule has 168 valence electrons. The average molecular weight is 447 g/mol. The van der Waals surface area contributed by atoms with Gasteiger partial charge in [0.25, 0.3) is 11.8 Å². The molecule has 3 fully saturated rings. The normalized spacial score (nSPS) is 23.7. The van der Waals surface area contributed by atoms with Gasteiger partial charge >= 0.3 is 0 Å². The molecule has 7 nitrogen and oxygen atoms in total. The van der Waals surface area contributed by atoms with E-state index in [1.54, 1.807) is 4.90 Å². The molecule has 1 aliphatic carbocycles. The van der Waals surface area contributed by atoms with Gasteiger partial charge in [-0.2, -0.15) is 0 Å². The summed E-state index contributed by atoms with van der Waals surface area (Å²) in [6.45, 7) is -0.282. The monoisotopic (exact) mass is 447 g/mol. The van der Waals surface area contributed by atoms with Crippen molar-refractivity contribution in [3.05, 3.63) is 62.8 Å². The van der Waals surface area contributed by atoms with Crippen molar-refractivity contribution in [2.45, 2.75) is 50.9 Å². The number of benzene rings is 1. The number of fused-ring (bicyclic) bond motifs is 3. The number of pyridine rings is 1. The first-order chi connectivity index (χ1) is 15.3. The molecule has 0 radical (unpaired) electrons. The highest BCUT2D eigenvalue weighted by Crippen LogP contribution is 2.43. The summed E-state index contributed by atoms with van der Waals surface area (Å²) in [5, 5.41) is 12.7. The van der Waals surface area contributed by atoms with Gasteiger partial charge in [-0.05, 0) is 31.6 Å². The zero-order valence-electron chi connectivity index (χ0n) is 16.9. The van der Waals surface area contributed by atoms with E-state index in [0.717, 1.165) is 25.7 Å². The van der Waals surface area contributed by atoms with Crippen LogP contribution in [0.1, 0.15) is 52.1 Å². The summed E-state index contributed by atoms with van der Waals surface area (Å²) in [6.07, 6.45) is 5.01. The van der Waals surface area contributed by atoms with E-state index in [1.807, 2.05) is 0 Å². The number of halogens is 3. The van der Waals surface area contributed by atoms with Gasteiger partial charge in [0.2, 0.25) is 5.43 Å². The van der Waals surface area contributed by atoms with Gasteiger partial charge in [-0.3, -0.25) is 14.4 Å². The topological polar surface area (TPSA) is 91.6 Å². The fourth-order valence-corrected chi connectivity index (χ4v) is 5.32. The molecule has 1 atom stereocenters. The molecule has 6 rings (SSSR count). The zero-order valence-corrected chi connectivity index (χ0v) is 16.9. The fourth-order valence-electron chi connectivity index (χ4n) is 5.32. The number of hydrogen-bond donors (Lipinski definition) is 2. The number of amides is 2. The van der Waals surface area contributed by atoms with Gasteiger partial charge < -0.3 is 19.9 Å². The highest BCUT2D eigenvalue weighted by molar-refractivity contribution is 5.99. The Kier molecular flexibility index (Phi) is 4.75. The Labute approximate surface area is 180 Å². The minimum absolute atomic E-state index is 0.0669. The Morgan fingerprint density at radius 1 is 1.09 bits per heavy atom. The van der Waals surface area contributed by atoms with Crippen LogP contribution in [-0.2, 0) is 13.1 Å². The summed E-state index contributed by atoms with van der Waals surface area (Å²) in [4.78, 5) is 40.1. The molecule has 4 heterocycles. The molecular weight excluding hydrogens is 427 g/mol. The summed E-state index contributed by atoms with van der Waals surface area (Å²) >= 11 is 0. The first kappa shape index (κ1) is 20.6. The predicted octanol–water partition coefficient (Wildman–Crippen LogP) is 2.30. The molecular formula is C22H20F3N3O4. The van der Waals surface area contributed by atoms with Crippen LogP contribution in [0.5, 0.6) is 5.75 Å². The first-order valence-corrected chi connectivity index (χ1v) is 10.5. The number of nitrogens with zero attached hydrogens (tertiary/aromatic N) is 2. The Hall–Kier alpha value is -3.30. The van der Waals surface area contributed by atoms with Gasteiger partial charge in [0.05, 0.1) is 6.04 Å². The molecule has 2 aromatic rings. The van der Waals surface area contributed by atoms with Crippen LogP contribution in [-0.4, -0.2) is 38.5 Å². The average Bonchev–Trinajstić information content (AvgIpc) is 2.75. The maximum absolute atomic E-state index is 13.8. The highest BCUT2D eigenvalue weighted by atomic mass is 19.1. The number of piperidine rings is 2. The van der Waals surface area contributed by atoms with Crippen LogP contribution in [0.15, 0.2) is 23.1 Å². The number of aromatic hydroxyl groups is 1. The largest absolute Gasteiger partial charge is 0.503 e. The number of aromatic nitrogens is 1. The maximum atomic E-state index is 13.8. The van der Waals surface area contributed by atoms with Crippen molar-refractivity contribution in [1.29, 1.82) is 0 Å². The third-order valence-corrected chi connectivity index (χ3v) is 6.89. The lowest BCUT2D eigenvalue weighted by Crippen LogP contribution is -2.61. The molecule has 1 saturated carbocycles. The lowest BCUT2D eigenvalue weighted by molar-refractivity contribution is -0.0181. The van der Waals surface area contributed by atoms with Crippen molar-refractivity contribution in [2.24, 2.45) is 5.92 Å². The van der Waals surface area contributed by atoms with Crippen molar-refractivity contribution >= 4 is 11.8 Å². The number of carbonyl (C=O) groups is 2. The first-order valence-electron chi connectivity index (χ1n) is 10.5. The van der Waals surface area contributed by atoms with Gasteiger partial charge in [-0.1, -0.05) is 0 Å². The van der Waals surface area contributed by atoms with E-state index in [4.69, 9.17) is 0 Å². The molecule has 2 N–H and O–H groups in total. The Morgan fingerprint density at radius 3 is 2.41 bits per heavy atom. The number of carbonyl (C=O) groups excluding carboxylic acids is 2. The van der Waals surface area contributed by atoms with Crippen molar-refractivity contribution < 1.29 is 27.9 Å². The summed E-state index contributed by atoms with van der Waals surface area (Å²) < 4.78 is 42.1. The SMILES string of the molecule is O=C(NCc1c(F)cc(F)cc1F)c1cn2c(c(O)c1=O)C(=O)N1C3CCC(CC3)[C@@H]1C2. The van der Waals surface area contributed by atoms with Gasteiger partial charge in [-0.15, -0.1) is 0 Å². The number of rotatable bonds is 3. The van der Waals surface area contributed by atoms with E-state index >= 15 is 0 Å². The van der Waals surface area contributed by atoms with E-state index in [1.165, 1.54) is 10.8 Å². The lowest BCUT2D eigenvalue weighted by atomic mass is 9.73. The lowest BCUT2D eigenvalue weighted by Gasteiger charge is -2.53. The van der Waals surface area contributed by atoms with Gasteiger partial charge in [0.1, 0.15) is 23.0 Å². The molecule has 1 aromatic heterocycles. The molecule has 3 aliphatic heterocycles. The Bertz CT molecular complexity index is 1180. The second-order valence-electron chi connectivity index (χ2n) is 8.60. The van der Waals surface area contributed by atoms with Crippen molar-refractivity contribution in [1.82, 2.24) is 14.8 Å². The summed E-state index contributed by atoms with van der Waals surface area (Å²) in [6, 6.07) is 0.991. The molecule has 32 heavy (non-hydrogen) atoms. The van der Waals surface area contributed by atoms with Crippen LogP contribution in [0.2, 0.25) is 0 Å². The summed E-state index contributed by atoms with van der Waals surface area (Å²) in [5.74, 6) is -5.33. The molecule has 2 amide bonds. The second-order valence-corrected chi connectivity index (χ2v) is 8.60. The maximum Gasteiger partial charge on any atom is 0.275 e. The van der Waals surface area contributed by atoms with Crippen molar-refractivity contribution in [3.8, 4) is 5.75 Å². The van der Waals surface area contributed by atoms with E-state index in [9.17, 15) is 32.7 Å². The van der Waals surface area contributed by atoms with Crippen LogP contribution in [0.3, 0.4) is 0 Å². The smallest absolute Gasteiger partial charge is 0.275 e. The van der Waals surface area contributed by atoms with E-state index in [0.29, 0.717) is 24.6 Å². The number of nitrogens with one attached hydrogen (secondary N) is 1. The van der Waals surface area contributed by atoms with E-state index in [-0.39, 0.29) is 17.8 Å². The quantitative estimate of drug-likeness (QED) is 0.756. The van der Waals surface area contributed by atoms with Gasteiger partial charge in [0, 0.05) is 43.0 Å². The van der Waals surface area contributed by atoms with E-state index in [2.05, 4.69) is 5.32 Å². The predicted molar refractivity (Wildman–Crippen MR) is 106 cm³/mol. The van der Waals surface area contributed by atoms with Gasteiger partial charge in [-0.25, -0.2) is 13.2 Å². The van der Waals surface area contributed by atoms with Gasteiger partial charge in [0.15, 0.2) is 11.4 Å². The second kappa shape index (κ2) is 7.39.